The van der Waals surface area contributed by atoms with Crippen molar-refractivity contribution in [1.29, 1.82) is 0 Å². The van der Waals surface area contributed by atoms with Gasteiger partial charge < -0.3 is 10.6 Å². The maximum Gasteiger partial charge on any atom is 0.287 e. The van der Waals surface area contributed by atoms with Gasteiger partial charge in [-0.25, -0.2) is 4.98 Å². The van der Waals surface area contributed by atoms with Gasteiger partial charge in [0.2, 0.25) is 5.91 Å². The molecular formula is C11H16N4O3. The van der Waals surface area contributed by atoms with Crippen molar-refractivity contribution in [2.75, 3.05) is 18.4 Å². The van der Waals surface area contributed by atoms with Gasteiger partial charge in [-0.2, -0.15) is 0 Å². The maximum absolute atomic E-state index is 11.3. The van der Waals surface area contributed by atoms with Gasteiger partial charge in [0.15, 0.2) is 0 Å². The van der Waals surface area contributed by atoms with E-state index in [1.54, 1.807) is 0 Å². The smallest absolute Gasteiger partial charge is 0.287 e. The number of pyridine rings is 1. The van der Waals surface area contributed by atoms with E-state index in [1.807, 2.05) is 6.92 Å². The van der Waals surface area contributed by atoms with Crippen LogP contribution < -0.4 is 10.6 Å². The molecule has 0 aliphatic carbocycles. The highest BCUT2D eigenvalue weighted by Gasteiger charge is 2.05. The molecule has 0 aromatic carbocycles. The molecule has 0 bridgehead atoms. The summed E-state index contributed by atoms with van der Waals surface area (Å²) in [5, 5.41) is 16.1. The Hall–Kier alpha value is -2.18. The molecule has 1 heterocycles. The van der Waals surface area contributed by atoms with Gasteiger partial charge in [0, 0.05) is 25.6 Å². The van der Waals surface area contributed by atoms with Crippen LogP contribution in [0.3, 0.4) is 0 Å². The Bertz CT molecular complexity index is 405. The predicted octanol–water partition coefficient (Wildman–Crippen LogP) is 1.32. The highest BCUT2D eigenvalue weighted by molar-refractivity contribution is 5.76. The van der Waals surface area contributed by atoms with Crippen LogP contribution in [-0.4, -0.2) is 28.9 Å². The molecule has 1 rings (SSSR count). The lowest BCUT2D eigenvalue weighted by Crippen LogP contribution is -2.25. The van der Waals surface area contributed by atoms with E-state index in [4.69, 9.17) is 0 Å². The molecule has 0 aliphatic rings. The molecule has 0 fully saturated rings. The Morgan fingerprint density at radius 1 is 1.44 bits per heavy atom. The number of nitro groups is 1. The Balaban J connectivity index is 2.31. The van der Waals surface area contributed by atoms with Gasteiger partial charge in [-0.3, -0.25) is 14.9 Å². The summed E-state index contributed by atoms with van der Waals surface area (Å²) < 4.78 is 0. The van der Waals surface area contributed by atoms with Crippen molar-refractivity contribution in [2.24, 2.45) is 0 Å². The van der Waals surface area contributed by atoms with E-state index in [-0.39, 0.29) is 11.6 Å². The molecule has 0 atom stereocenters. The molecule has 0 unspecified atom stereocenters. The first-order chi connectivity index (χ1) is 8.63. The second-order valence-electron chi connectivity index (χ2n) is 3.69. The lowest BCUT2D eigenvalue weighted by Gasteiger charge is -2.05. The van der Waals surface area contributed by atoms with Gasteiger partial charge in [0.25, 0.3) is 5.69 Å². The number of amides is 1. The third-order valence-electron chi connectivity index (χ3n) is 2.19. The van der Waals surface area contributed by atoms with Crippen LogP contribution in [0.25, 0.3) is 0 Å². The van der Waals surface area contributed by atoms with Crippen molar-refractivity contribution in [1.82, 2.24) is 10.3 Å². The molecule has 1 amide bonds. The minimum absolute atomic E-state index is 0.0220. The molecule has 18 heavy (non-hydrogen) atoms. The summed E-state index contributed by atoms with van der Waals surface area (Å²) in [6, 6.07) is 2.88. The molecule has 0 spiro atoms. The van der Waals surface area contributed by atoms with Gasteiger partial charge >= 0.3 is 0 Å². The number of hydrogen-bond donors (Lipinski definition) is 2. The SMILES string of the molecule is CCCNC(=O)CCNc1ccc([N+](=O)[O-])cn1. The van der Waals surface area contributed by atoms with Crippen molar-refractivity contribution in [3.63, 3.8) is 0 Å². The molecular weight excluding hydrogens is 236 g/mol. The average Bonchev–Trinajstić information content (AvgIpc) is 2.37. The third kappa shape index (κ3) is 4.77. The first kappa shape index (κ1) is 13.9. The molecule has 98 valence electrons. The highest BCUT2D eigenvalue weighted by atomic mass is 16.6. The molecule has 0 saturated carbocycles. The van der Waals surface area contributed by atoms with E-state index in [0.29, 0.717) is 25.3 Å². The minimum atomic E-state index is -0.505. The maximum atomic E-state index is 11.3. The fraction of sp³-hybridized carbons (Fsp3) is 0.455. The second kappa shape index (κ2) is 7.21. The summed E-state index contributed by atoms with van der Waals surface area (Å²) in [5.74, 6) is 0.496. The van der Waals surface area contributed by atoms with E-state index in [2.05, 4.69) is 15.6 Å². The van der Waals surface area contributed by atoms with Gasteiger partial charge in [-0.05, 0) is 12.5 Å². The fourth-order valence-corrected chi connectivity index (χ4v) is 1.26. The van der Waals surface area contributed by atoms with Crippen LogP contribution in [0.15, 0.2) is 18.3 Å². The summed E-state index contributed by atoms with van der Waals surface area (Å²) >= 11 is 0. The summed E-state index contributed by atoms with van der Waals surface area (Å²) in [4.78, 5) is 25.1. The number of carbonyl (C=O) groups is 1. The summed E-state index contributed by atoms with van der Waals surface area (Å²) in [6.07, 6.45) is 2.43. The number of aromatic nitrogens is 1. The van der Waals surface area contributed by atoms with Crippen LogP contribution >= 0.6 is 0 Å². The number of nitrogens with zero attached hydrogens (tertiary/aromatic N) is 2. The standard InChI is InChI=1S/C11H16N4O3/c1-2-6-13-11(16)5-7-12-10-4-3-9(8-14-10)15(17)18/h3-4,8H,2,5-7H2,1H3,(H,12,14)(H,13,16). The van der Waals surface area contributed by atoms with Gasteiger partial charge in [0.05, 0.1) is 4.92 Å². The molecule has 7 nitrogen and oxygen atoms in total. The van der Waals surface area contributed by atoms with E-state index < -0.39 is 4.92 Å². The zero-order chi connectivity index (χ0) is 13.4. The molecule has 1 aromatic heterocycles. The Morgan fingerprint density at radius 2 is 2.22 bits per heavy atom. The molecule has 0 saturated heterocycles. The monoisotopic (exact) mass is 252 g/mol. The second-order valence-corrected chi connectivity index (χ2v) is 3.69. The Labute approximate surface area is 105 Å². The van der Waals surface area contributed by atoms with E-state index in [0.717, 1.165) is 6.42 Å². The number of carbonyl (C=O) groups excluding carboxylic acids is 1. The van der Waals surface area contributed by atoms with Crippen molar-refractivity contribution >= 4 is 17.4 Å². The topological polar surface area (TPSA) is 97.2 Å². The molecule has 7 heteroatoms. The Morgan fingerprint density at radius 3 is 2.78 bits per heavy atom. The van der Waals surface area contributed by atoms with Crippen molar-refractivity contribution in [3.8, 4) is 0 Å². The highest BCUT2D eigenvalue weighted by Crippen LogP contribution is 2.11. The molecule has 0 aliphatic heterocycles. The van der Waals surface area contributed by atoms with Crippen LogP contribution in [0.2, 0.25) is 0 Å². The average molecular weight is 252 g/mol. The number of hydrogen-bond acceptors (Lipinski definition) is 5. The van der Waals surface area contributed by atoms with E-state index >= 15 is 0 Å². The van der Waals surface area contributed by atoms with Crippen molar-refractivity contribution in [2.45, 2.75) is 19.8 Å². The largest absolute Gasteiger partial charge is 0.370 e. The quantitative estimate of drug-likeness (QED) is 0.563. The zero-order valence-corrected chi connectivity index (χ0v) is 10.2. The first-order valence-electron chi connectivity index (χ1n) is 5.74. The van der Waals surface area contributed by atoms with Gasteiger partial charge in [-0.15, -0.1) is 0 Å². The van der Waals surface area contributed by atoms with Crippen molar-refractivity contribution in [3.05, 3.63) is 28.4 Å². The molecule has 2 N–H and O–H groups in total. The normalized spacial score (nSPS) is 9.83. The van der Waals surface area contributed by atoms with Crippen LogP contribution in [0.1, 0.15) is 19.8 Å². The molecule has 1 aromatic rings. The third-order valence-corrected chi connectivity index (χ3v) is 2.19. The summed E-state index contributed by atoms with van der Waals surface area (Å²) in [6.45, 7) is 3.11. The minimum Gasteiger partial charge on any atom is -0.370 e. The molecule has 0 radical (unpaired) electrons. The van der Waals surface area contributed by atoms with Crippen molar-refractivity contribution < 1.29 is 9.72 Å². The van der Waals surface area contributed by atoms with Crippen LogP contribution in [0, 0.1) is 10.1 Å². The summed E-state index contributed by atoms with van der Waals surface area (Å²) in [5.41, 5.74) is -0.0544. The van der Waals surface area contributed by atoms with Crippen LogP contribution in [-0.2, 0) is 4.79 Å². The van der Waals surface area contributed by atoms with E-state index in [9.17, 15) is 14.9 Å². The summed E-state index contributed by atoms with van der Waals surface area (Å²) in [7, 11) is 0. The fourth-order valence-electron chi connectivity index (χ4n) is 1.26. The predicted molar refractivity (Wildman–Crippen MR) is 67.3 cm³/mol. The van der Waals surface area contributed by atoms with Gasteiger partial charge in [0.1, 0.15) is 12.0 Å². The lowest BCUT2D eigenvalue weighted by molar-refractivity contribution is -0.385. The van der Waals surface area contributed by atoms with Crippen LogP contribution in [0.5, 0.6) is 0 Å². The Kier molecular flexibility index (Phi) is 5.56. The van der Waals surface area contributed by atoms with Gasteiger partial charge in [-0.1, -0.05) is 6.92 Å². The lowest BCUT2D eigenvalue weighted by atomic mass is 10.3. The zero-order valence-electron chi connectivity index (χ0n) is 10.2. The number of anilines is 1. The van der Waals surface area contributed by atoms with Crippen LogP contribution in [0.4, 0.5) is 11.5 Å². The number of nitrogens with one attached hydrogen (secondary N) is 2. The first-order valence-corrected chi connectivity index (χ1v) is 5.74. The van der Waals surface area contributed by atoms with E-state index in [1.165, 1.54) is 18.3 Å². The number of rotatable bonds is 7.